The predicted octanol–water partition coefficient (Wildman–Crippen LogP) is 3.30. The molecule has 3 heteroatoms. The molecule has 0 radical (unpaired) electrons. The molecule has 0 saturated heterocycles. The van der Waals surface area contributed by atoms with Crippen molar-refractivity contribution >= 4 is 17.3 Å². The Morgan fingerprint density at radius 1 is 1.50 bits per heavy atom. The first kappa shape index (κ1) is 10.9. The summed E-state index contributed by atoms with van der Waals surface area (Å²) in [4.78, 5) is 0. The predicted molar refractivity (Wildman–Crippen MR) is 58.0 cm³/mol. The van der Waals surface area contributed by atoms with Gasteiger partial charge in [0.1, 0.15) is 5.82 Å². The molecule has 0 amide bonds. The van der Waals surface area contributed by atoms with Crippen LogP contribution in [0.5, 0.6) is 0 Å². The minimum absolute atomic E-state index is 0.332. The van der Waals surface area contributed by atoms with E-state index in [1.165, 1.54) is 6.07 Å². The lowest BCUT2D eigenvalue weighted by atomic mass is 10.3. The maximum atomic E-state index is 13.2. The molecule has 1 aromatic rings. The first-order chi connectivity index (χ1) is 6.74. The van der Waals surface area contributed by atoms with E-state index in [0.29, 0.717) is 23.7 Å². The van der Waals surface area contributed by atoms with Crippen LogP contribution in [0.3, 0.4) is 0 Å². The SMILES string of the molecule is CC#CCCNc1ccc(Cl)cc1F. The van der Waals surface area contributed by atoms with Crippen LogP contribution < -0.4 is 5.32 Å². The summed E-state index contributed by atoms with van der Waals surface area (Å²) < 4.78 is 13.2. The molecule has 0 bridgehead atoms. The van der Waals surface area contributed by atoms with Crippen molar-refractivity contribution < 1.29 is 4.39 Å². The Morgan fingerprint density at radius 3 is 2.93 bits per heavy atom. The third kappa shape index (κ3) is 3.27. The van der Waals surface area contributed by atoms with Gasteiger partial charge < -0.3 is 5.32 Å². The molecule has 0 unspecified atom stereocenters. The lowest BCUT2D eigenvalue weighted by molar-refractivity contribution is 0.630. The van der Waals surface area contributed by atoms with Crippen LogP contribution in [0.4, 0.5) is 10.1 Å². The Morgan fingerprint density at radius 2 is 2.29 bits per heavy atom. The maximum Gasteiger partial charge on any atom is 0.147 e. The second kappa shape index (κ2) is 5.51. The maximum absolute atomic E-state index is 13.2. The first-order valence-electron chi connectivity index (χ1n) is 4.32. The summed E-state index contributed by atoms with van der Waals surface area (Å²) >= 11 is 5.61. The van der Waals surface area contributed by atoms with Gasteiger partial charge in [-0.3, -0.25) is 0 Å². The van der Waals surface area contributed by atoms with Gasteiger partial charge in [0.05, 0.1) is 5.69 Å². The van der Waals surface area contributed by atoms with E-state index in [1.54, 1.807) is 19.1 Å². The highest BCUT2D eigenvalue weighted by Crippen LogP contribution is 2.18. The Kier molecular flexibility index (Phi) is 4.28. The molecule has 0 heterocycles. The Balaban J connectivity index is 2.53. The number of halogens is 2. The number of nitrogens with one attached hydrogen (secondary N) is 1. The highest BCUT2D eigenvalue weighted by Gasteiger charge is 2.00. The van der Waals surface area contributed by atoms with Crippen LogP contribution in [0.2, 0.25) is 5.02 Å². The topological polar surface area (TPSA) is 12.0 Å². The molecular weight excluding hydrogens is 201 g/mol. The molecule has 1 rings (SSSR count). The van der Waals surface area contributed by atoms with E-state index in [9.17, 15) is 4.39 Å². The van der Waals surface area contributed by atoms with Crippen molar-refractivity contribution in [1.29, 1.82) is 0 Å². The lowest BCUT2D eigenvalue weighted by Gasteiger charge is -2.05. The summed E-state index contributed by atoms with van der Waals surface area (Å²) in [6.07, 6.45) is 0.707. The van der Waals surface area contributed by atoms with Crippen molar-refractivity contribution in [3.8, 4) is 11.8 Å². The van der Waals surface area contributed by atoms with Crippen LogP contribution >= 0.6 is 11.6 Å². The molecule has 1 nitrogen and oxygen atoms in total. The molecule has 0 aliphatic carbocycles. The third-order valence-electron chi connectivity index (χ3n) is 1.67. The van der Waals surface area contributed by atoms with Crippen LogP contribution in [0.15, 0.2) is 18.2 Å². The number of anilines is 1. The van der Waals surface area contributed by atoms with Gasteiger partial charge in [0.15, 0.2) is 0 Å². The third-order valence-corrected chi connectivity index (χ3v) is 1.91. The summed E-state index contributed by atoms with van der Waals surface area (Å²) in [6, 6.07) is 4.56. The highest BCUT2D eigenvalue weighted by molar-refractivity contribution is 6.30. The molecule has 0 saturated carbocycles. The van der Waals surface area contributed by atoms with Crippen LogP contribution in [-0.2, 0) is 0 Å². The van der Waals surface area contributed by atoms with Crippen molar-refractivity contribution in [3.63, 3.8) is 0 Å². The number of benzene rings is 1. The molecule has 1 aromatic carbocycles. The van der Waals surface area contributed by atoms with E-state index in [-0.39, 0.29) is 5.82 Å². The molecule has 0 aliphatic heterocycles. The normalized spacial score (nSPS) is 9.07. The minimum Gasteiger partial charge on any atom is -0.382 e. The summed E-state index contributed by atoms with van der Waals surface area (Å²) in [5, 5.41) is 3.34. The quantitative estimate of drug-likeness (QED) is 0.598. The van der Waals surface area contributed by atoms with Crippen molar-refractivity contribution in [2.45, 2.75) is 13.3 Å². The Bertz CT molecular complexity index is 365. The standard InChI is InChI=1S/C11H11ClFN/c1-2-3-4-7-14-11-6-5-9(12)8-10(11)13/h5-6,8,14H,4,7H2,1H3. The fraction of sp³-hybridized carbons (Fsp3) is 0.273. The van der Waals surface area contributed by atoms with E-state index < -0.39 is 0 Å². The molecule has 0 aromatic heterocycles. The summed E-state index contributed by atoms with van der Waals surface area (Å²) in [5.74, 6) is 5.33. The lowest BCUT2D eigenvalue weighted by Crippen LogP contribution is -2.02. The largest absolute Gasteiger partial charge is 0.382 e. The highest BCUT2D eigenvalue weighted by atomic mass is 35.5. The summed E-state index contributed by atoms with van der Waals surface area (Å²) in [5.41, 5.74) is 0.465. The van der Waals surface area contributed by atoms with Gasteiger partial charge >= 0.3 is 0 Å². The van der Waals surface area contributed by atoms with Crippen molar-refractivity contribution in [1.82, 2.24) is 0 Å². The minimum atomic E-state index is -0.332. The van der Waals surface area contributed by atoms with Crippen molar-refractivity contribution in [2.75, 3.05) is 11.9 Å². The fourth-order valence-corrected chi connectivity index (χ4v) is 1.18. The van der Waals surface area contributed by atoms with Crippen LogP contribution in [0, 0.1) is 17.7 Å². The molecule has 14 heavy (non-hydrogen) atoms. The number of rotatable bonds is 3. The zero-order valence-electron chi connectivity index (χ0n) is 7.90. The molecule has 74 valence electrons. The van der Waals surface area contributed by atoms with Gasteiger partial charge in [0.2, 0.25) is 0 Å². The Hall–Kier alpha value is -1.20. The molecular formula is C11H11ClFN. The molecule has 0 fully saturated rings. The smallest absolute Gasteiger partial charge is 0.147 e. The van der Waals surface area contributed by atoms with E-state index in [2.05, 4.69) is 17.2 Å². The summed E-state index contributed by atoms with van der Waals surface area (Å²) in [7, 11) is 0. The molecule has 1 N–H and O–H groups in total. The van der Waals surface area contributed by atoms with Gasteiger partial charge in [0.25, 0.3) is 0 Å². The van der Waals surface area contributed by atoms with E-state index in [0.717, 1.165) is 0 Å². The van der Waals surface area contributed by atoms with E-state index in [4.69, 9.17) is 11.6 Å². The molecule has 0 aliphatic rings. The fourth-order valence-electron chi connectivity index (χ4n) is 1.02. The zero-order chi connectivity index (χ0) is 10.4. The van der Waals surface area contributed by atoms with Gasteiger partial charge in [-0.2, -0.15) is 0 Å². The number of hydrogen-bond acceptors (Lipinski definition) is 1. The van der Waals surface area contributed by atoms with E-state index in [1.807, 2.05) is 0 Å². The average Bonchev–Trinajstić information content (AvgIpc) is 2.15. The average molecular weight is 212 g/mol. The van der Waals surface area contributed by atoms with Gasteiger partial charge in [-0.1, -0.05) is 11.6 Å². The van der Waals surface area contributed by atoms with Crippen LogP contribution in [-0.4, -0.2) is 6.54 Å². The van der Waals surface area contributed by atoms with Gasteiger partial charge in [-0.15, -0.1) is 11.8 Å². The Labute approximate surface area is 88.3 Å². The van der Waals surface area contributed by atoms with Crippen molar-refractivity contribution in [2.24, 2.45) is 0 Å². The van der Waals surface area contributed by atoms with Crippen LogP contribution in [0.1, 0.15) is 13.3 Å². The zero-order valence-corrected chi connectivity index (χ0v) is 8.66. The van der Waals surface area contributed by atoms with E-state index >= 15 is 0 Å². The van der Waals surface area contributed by atoms with Gasteiger partial charge in [-0.05, 0) is 25.1 Å². The second-order valence-corrected chi connectivity index (χ2v) is 3.16. The molecule has 0 spiro atoms. The summed E-state index contributed by atoms with van der Waals surface area (Å²) in [6.45, 7) is 2.42. The van der Waals surface area contributed by atoms with Crippen LogP contribution in [0.25, 0.3) is 0 Å². The second-order valence-electron chi connectivity index (χ2n) is 2.73. The monoisotopic (exact) mass is 211 g/mol. The first-order valence-corrected chi connectivity index (χ1v) is 4.70. The van der Waals surface area contributed by atoms with Crippen molar-refractivity contribution in [3.05, 3.63) is 29.0 Å². The number of hydrogen-bond donors (Lipinski definition) is 1. The van der Waals surface area contributed by atoms with Gasteiger partial charge in [-0.25, -0.2) is 4.39 Å². The molecule has 0 atom stereocenters. The van der Waals surface area contributed by atoms with Gasteiger partial charge in [0, 0.05) is 18.0 Å².